The predicted octanol–water partition coefficient (Wildman–Crippen LogP) is 3.14. The molecule has 0 unspecified atom stereocenters. The van der Waals surface area contributed by atoms with Crippen LogP contribution in [-0.2, 0) is 24.1 Å². The van der Waals surface area contributed by atoms with E-state index in [1.807, 2.05) is 13.0 Å². The van der Waals surface area contributed by atoms with Gasteiger partial charge in [0.1, 0.15) is 5.75 Å². The molecule has 9 heteroatoms. The van der Waals surface area contributed by atoms with Crippen molar-refractivity contribution < 1.29 is 13.2 Å². The van der Waals surface area contributed by atoms with Gasteiger partial charge < -0.3 is 13.9 Å². The molecule has 0 atom stereocenters. The second kappa shape index (κ2) is 8.01. The lowest BCUT2D eigenvalue weighted by atomic mass is 10.2. The highest BCUT2D eigenvalue weighted by Gasteiger charge is 2.20. The van der Waals surface area contributed by atoms with Crippen molar-refractivity contribution in [3.63, 3.8) is 0 Å². The third-order valence-corrected chi connectivity index (χ3v) is 6.52. The van der Waals surface area contributed by atoms with E-state index in [2.05, 4.69) is 4.72 Å². The molecule has 0 aliphatic carbocycles. The summed E-state index contributed by atoms with van der Waals surface area (Å²) in [6.07, 6.45) is 0. The van der Waals surface area contributed by atoms with E-state index in [1.54, 1.807) is 36.4 Å². The fourth-order valence-electron chi connectivity index (χ4n) is 3.30. The number of hydrogen-bond donors (Lipinski definition) is 1. The zero-order chi connectivity index (χ0) is 23.0. The number of rotatable bonds is 5. The Labute approximate surface area is 184 Å². The van der Waals surface area contributed by atoms with E-state index in [9.17, 15) is 18.0 Å². The summed E-state index contributed by atoms with van der Waals surface area (Å²) in [5.74, 6) is 0.672. The van der Waals surface area contributed by atoms with Gasteiger partial charge in [0, 0.05) is 20.2 Å². The molecule has 1 aromatic heterocycles. The van der Waals surface area contributed by atoms with Gasteiger partial charge in [0.15, 0.2) is 5.75 Å². The van der Waals surface area contributed by atoms with Crippen LogP contribution < -0.4 is 20.6 Å². The molecule has 8 nitrogen and oxygen atoms in total. The van der Waals surface area contributed by atoms with Gasteiger partial charge in [-0.1, -0.05) is 35.9 Å². The van der Waals surface area contributed by atoms with Crippen LogP contribution in [0.5, 0.6) is 11.5 Å². The van der Waals surface area contributed by atoms with Gasteiger partial charge in [-0.15, -0.1) is 0 Å². The van der Waals surface area contributed by atoms with Gasteiger partial charge in [0.05, 0.1) is 21.6 Å². The molecule has 0 aliphatic rings. The second-order valence-corrected chi connectivity index (χ2v) is 9.08. The summed E-state index contributed by atoms with van der Waals surface area (Å²) in [4.78, 5) is 24.7. The van der Waals surface area contributed by atoms with Gasteiger partial charge in [-0.2, -0.15) is 0 Å². The number of nitrogens with zero attached hydrogens (tertiary/aromatic N) is 2. The van der Waals surface area contributed by atoms with Crippen LogP contribution in [-0.4, -0.2) is 17.6 Å². The number of ether oxygens (including phenoxy) is 1. The molecule has 0 spiro atoms. The number of aromatic nitrogens is 2. The maximum Gasteiger partial charge on any atom is 0.316 e. The predicted molar refractivity (Wildman–Crippen MR) is 123 cm³/mol. The van der Waals surface area contributed by atoms with Gasteiger partial charge in [0.25, 0.3) is 10.0 Å². The Kier molecular flexibility index (Phi) is 5.35. The van der Waals surface area contributed by atoms with Crippen LogP contribution in [0.15, 0.2) is 81.2 Å². The summed E-state index contributed by atoms with van der Waals surface area (Å²) < 4.78 is 37.0. The van der Waals surface area contributed by atoms with E-state index in [0.717, 1.165) is 5.56 Å². The lowest BCUT2D eigenvalue weighted by Crippen LogP contribution is -2.39. The van der Waals surface area contributed by atoms with Crippen molar-refractivity contribution in [2.45, 2.75) is 11.8 Å². The summed E-state index contributed by atoms with van der Waals surface area (Å²) >= 11 is 0. The third-order valence-electron chi connectivity index (χ3n) is 5.14. The molecule has 0 saturated carbocycles. The van der Waals surface area contributed by atoms with Crippen molar-refractivity contribution >= 4 is 26.7 Å². The molecule has 0 aliphatic heterocycles. The number of aryl methyl sites for hydroxylation is 3. The third kappa shape index (κ3) is 3.90. The van der Waals surface area contributed by atoms with Crippen molar-refractivity contribution in [1.29, 1.82) is 0 Å². The standard InChI is InChI=1S/C23H21N3O5S/c1-15-9-11-17(12-10-15)32(29,30)24-18-13-19-20(26(3)23(28)22(27)25(19)2)14-21(18)31-16-7-5-4-6-8-16/h4-14,24H,1-3H3. The molecular weight excluding hydrogens is 430 g/mol. The molecule has 1 N–H and O–H groups in total. The topological polar surface area (TPSA) is 99.4 Å². The number of sulfonamides is 1. The number of benzene rings is 3. The van der Waals surface area contributed by atoms with Crippen molar-refractivity contribution in [1.82, 2.24) is 9.13 Å². The highest BCUT2D eigenvalue weighted by molar-refractivity contribution is 7.92. The monoisotopic (exact) mass is 451 g/mol. The van der Waals surface area contributed by atoms with Crippen LogP contribution in [0.25, 0.3) is 11.0 Å². The summed E-state index contributed by atoms with van der Waals surface area (Å²) in [5, 5.41) is 0. The zero-order valence-electron chi connectivity index (χ0n) is 17.7. The minimum atomic E-state index is -3.94. The van der Waals surface area contributed by atoms with Crippen molar-refractivity contribution in [3.8, 4) is 11.5 Å². The summed E-state index contributed by atoms with van der Waals surface area (Å²) in [6, 6.07) is 18.3. The highest BCUT2D eigenvalue weighted by Crippen LogP contribution is 2.34. The van der Waals surface area contributed by atoms with Crippen LogP contribution in [0.3, 0.4) is 0 Å². The SMILES string of the molecule is Cc1ccc(S(=O)(=O)Nc2cc3c(cc2Oc2ccccc2)n(C)c(=O)c(=O)n3C)cc1. The summed E-state index contributed by atoms with van der Waals surface area (Å²) in [5.41, 5.74) is 0.442. The molecule has 0 radical (unpaired) electrons. The second-order valence-electron chi connectivity index (χ2n) is 7.40. The Hall–Kier alpha value is -3.85. The van der Waals surface area contributed by atoms with Crippen molar-refractivity contribution in [2.24, 2.45) is 14.1 Å². The maximum atomic E-state index is 13.0. The minimum absolute atomic E-state index is 0.0863. The largest absolute Gasteiger partial charge is 0.455 e. The number of fused-ring (bicyclic) bond motifs is 1. The van der Waals surface area contributed by atoms with Crippen LogP contribution in [0.2, 0.25) is 0 Å². The molecule has 0 fully saturated rings. The lowest BCUT2D eigenvalue weighted by Gasteiger charge is -2.17. The smallest absolute Gasteiger partial charge is 0.316 e. The number of para-hydroxylation sites is 1. The van der Waals surface area contributed by atoms with E-state index in [4.69, 9.17) is 4.74 Å². The van der Waals surface area contributed by atoms with Crippen LogP contribution in [0, 0.1) is 6.92 Å². The Morgan fingerprint density at radius 2 is 1.38 bits per heavy atom. The van der Waals surface area contributed by atoms with E-state index in [-0.39, 0.29) is 16.3 Å². The van der Waals surface area contributed by atoms with E-state index in [1.165, 1.54) is 47.5 Å². The average molecular weight is 452 g/mol. The van der Waals surface area contributed by atoms with Gasteiger partial charge in [-0.3, -0.25) is 14.3 Å². The first-order valence-electron chi connectivity index (χ1n) is 9.73. The molecule has 32 heavy (non-hydrogen) atoms. The first kappa shape index (κ1) is 21.4. The van der Waals surface area contributed by atoms with Crippen molar-refractivity contribution in [2.75, 3.05) is 4.72 Å². The van der Waals surface area contributed by atoms with E-state index >= 15 is 0 Å². The Bertz CT molecular complexity index is 1540. The van der Waals surface area contributed by atoms with E-state index in [0.29, 0.717) is 16.8 Å². The zero-order valence-corrected chi connectivity index (χ0v) is 18.5. The number of nitrogens with one attached hydrogen (secondary N) is 1. The Balaban J connectivity index is 1.92. The molecule has 0 amide bonds. The molecular formula is C23H21N3O5S. The molecule has 0 saturated heterocycles. The molecule has 3 aromatic carbocycles. The fraction of sp³-hybridized carbons (Fsp3) is 0.130. The van der Waals surface area contributed by atoms with Crippen LogP contribution in [0.4, 0.5) is 5.69 Å². The van der Waals surface area contributed by atoms with Crippen LogP contribution in [0.1, 0.15) is 5.56 Å². The molecule has 0 bridgehead atoms. The maximum absolute atomic E-state index is 13.0. The highest BCUT2D eigenvalue weighted by atomic mass is 32.2. The quantitative estimate of drug-likeness (QED) is 0.470. The molecule has 1 heterocycles. The molecule has 4 aromatic rings. The Morgan fingerprint density at radius 1 is 0.812 bits per heavy atom. The summed E-state index contributed by atoms with van der Waals surface area (Å²) in [7, 11) is -1.000. The first-order chi connectivity index (χ1) is 15.2. The molecule has 164 valence electrons. The van der Waals surface area contributed by atoms with Gasteiger partial charge in [-0.05, 0) is 37.3 Å². The fourth-order valence-corrected chi connectivity index (χ4v) is 4.36. The van der Waals surface area contributed by atoms with Crippen LogP contribution >= 0.6 is 0 Å². The van der Waals surface area contributed by atoms with Gasteiger partial charge >= 0.3 is 11.1 Å². The minimum Gasteiger partial charge on any atom is -0.455 e. The lowest BCUT2D eigenvalue weighted by molar-refractivity contribution is 0.485. The van der Waals surface area contributed by atoms with E-state index < -0.39 is 21.1 Å². The van der Waals surface area contributed by atoms with Crippen molar-refractivity contribution in [3.05, 3.63) is 93.0 Å². The first-order valence-corrected chi connectivity index (χ1v) is 11.2. The number of hydrogen-bond acceptors (Lipinski definition) is 5. The number of anilines is 1. The van der Waals surface area contributed by atoms with Gasteiger partial charge in [0.2, 0.25) is 0 Å². The average Bonchev–Trinajstić information content (AvgIpc) is 2.78. The van der Waals surface area contributed by atoms with Gasteiger partial charge in [-0.25, -0.2) is 8.42 Å². The summed E-state index contributed by atoms with van der Waals surface area (Å²) in [6.45, 7) is 1.86. The molecule has 4 rings (SSSR count). The Morgan fingerprint density at radius 3 is 1.97 bits per heavy atom. The normalized spacial score (nSPS) is 11.5.